The number of hydrogen-bond donors (Lipinski definition) is 6. The highest BCUT2D eigenvalue weighted by Crippen LogP contribution is 2.23. The molecule has 48 heavy (non-hydrogen) atoms. The summed E-state index contributed by atoms with van der Waals surface area (Å²) in [5.41, 5.74) is 0.284. The quantitative estimate of drug-likeness (QED) is 0.0993. The summed E-state index contributed by atoms with van der Waals surface area (Å²) in [7, 11) is 2.73. The zero-order valence-corrected chi connectivity index (χ0v) is 29.2. The van der Waals surface area contributed by atoms with Crippen LogP contribution in [0, 0.1) is 5.92 Å². The molecule has 5 amide bonds. The number of phenolic OH excluding ortho intramolecular Hbond substituents is 1. The van der Waals surface area contributed by atoms with Gasteiger partial charge >= 0.3 is 5.97 Å². The first-order chi connectivity index (χ1) is 22.6. The third-order valence-electron chi connectivity index (χ3n) is 8.50. The number of carbonyl (C=O) groups is 6. The van der Waals surface area contributed by atoms with Crippen molar-refractivity contribution >= 4 is 35.5 Å². The minimum absolute atomic E-state index is 0.0818. The second-order valence-corrected chi connectivity index (χ2v) is 12.4. The van der Waals surface area contributed by atoms with Crippen molar-refractivity contribution in [2.75, 3.05) is 27.2 Å². The molecule has 1 rings (SSSR count). The number of rotatable bonds is 22. The monoisotopic (exact) mass is 677 g/mol. The van der Waals surface area contributed by atoms with Crippen LogP contribution in [0.5, 0.6) is 5.75 Å². The fourth-order valence-corrected chi connectivity index (χ4v) is 4.93. The number of carboxylic acid groups (broad SMARTS) is 1. The average Bonchev–Trinajstić information content (AvgIpc) is 3.05. The maximum atomic E-state index is 13.0. The van der Waals surface area contributed by atoms with Crippen LogP contribution in [0.2, 0.25) is 0 Å². The zero-order chi connectivity index (χ0) is 36.4. The van der Waals surface area contributed by atoms with Crippen molar-refractivity contribution in [3.05, 3.63) is 29.8 Å². The van der Waals surface area contributed by atoms with Crippen molar-refractivity contribution < 1.29 is 44.1 Å². The number of nitrogens with zero attached hydrogens (tertiary/aromatic N) is 2. The molecule has 0 aromatic heterocycles. The highest BCUT2D eigenvalue weighted by atomic mass is 16.4. The molecule has 0 saturated carbocycles. The van der Waals surface area contributed by atoms with Gasteiger partial charge in [-0.2, -0.15) is 0 Å². The lowest BCUT2D eigenvalue weighted by Gasteiger charge is -2.29. The van der Waals surface area contributed by atoms with Crippen LogP contribution in [0.15, 0.2) is 24.3 Å². The average molecular weight is 678 g/mol. The Morgan fingerprint density at radius 3 is 1.88 bits per heavy atom. The lowest BCUT2D eigenvalue weighted by atomic mass is 10.00. The summed E-state index contributed by atoms with van der Waals surface area (Å²) >= 11 is 0. The number of aliphatic hydroxyl groups excluding tert-OH is 1. The molecule has 5 unspecified atom stereocenters. The van der Waals surface area contributed by atoms with Crippen molar-refractivity contribution in [2.24, 2.45) is 5.92 Å². The van der Waals surface area contributed by atoms with Crippen LogP contribution in [0.3, 0.4) is 0 Å². The van der Waals surface area contributed by atoms with Crippen molar-refractivity contribution in [3.8, 4) is 5.75 Å². The molecule has 270 valence electrons. The summed E-state index contributed by atoms with van der Waals surface area (Å²) in [4.78, 5) is 77.8. The Morgan fingerprint density at radius 1 is 0.750 bits per heavy atom. The number of carbonyl (C=O) groups excluding carboxylic acids is 5. The molecule has 0 fully saturated rings. The van der Waals surface area contributed by atoms with Gasteiger partial charge in [0.15, 0.2) is 0 Å². The summed E-state index contributed by atoms with van der Waals surface area (Å²) in [6.45, 7) is 5.89. The summed E-state index contributed by atoms with van der Waals surface area (Å²) in [6.07, 6.45) is 8.76. The van der Waals surface area contributed by atoms with Gasteiger partial charge in [0.05, 0.1) is 13.2 Å². The zero-order valence-electron chi connectivity index (χ0n) is 29.2. The number of likely N-dealkylation sites (N-methyl/N-ethyl adjacent to an activating group) is 2. The van der Waals surface area contributed by atoms with Gasteiger partial charge in [0.1, 0.15) is 29.9 Å². The van der Waals surface area contributed by atoms with Gasteiger partial charge in [-0.15, -0.1) is 0 Å². The number of aliphatic hydroxyl groups is 1. The fourth-order valence-electron chi connectivity index (χ4n) is 4.93. The predicted octanol–water partition coefficient (Wildman–Crippen LogP) is 2.09. The van der Waals surface area contributed by atoms with Crippen LogP contribution in [0.1, 0.15) is 97.1 Å². The fraction of sp³-hybridized carbons (Fsp3) is 0.647. The molecule has 1 aromatic rings. The Kier molecular flexibility index (Phi) is 18.8. The van der Waals surface area contributed by atoms with E-state index in [9.17, 15) is 44.1 Å². The Hall–Kier alpha value is -4.20. The molecule has 1 aromatic carbocycles. The Balaban J connectivity index is 2.66. The minimum Gasteiger partial charge on any atom is -0.508 e. The second-order valence-electron chi connectivity index (χ2n) is 12.4. The first-order valence-corrected chi connectivity index (χ1v) is 16.7. The number of benzene rings is 1. The minimum atomic E-state index is -1.29. The van der Waals surface area contributed by atoms with Crippen molar-refractivity contribution in [3.63, 3.8) is 0 Å². The highest BCUT2D eigenvalue weighted by Gasteiger charge is 2.32. The Labute approximate surface area is 283 Å². The van der Waals surface area contributed by atoms with Crippen LogP contribution in [0.4, 0.5) is 0 Å². The van der Waals surface area contributed by atoms with Crippen molar-refractivity contribution in [2.45, 2.75) is 110 Å². The number of nitrogens with one attached hydrogen (secondary N) is 3. The van der Waals surface area contributed by atoms with E-state index in [0.717, 1.165) is 30.1 Å². The number of hydrogen-bond acceptors (Lipinski definition) is 8. The SMILES string of the molecule is CCC(C)CCCCCCCCC(=O)N(C)C(CO)C(=O)NC(C)C(=O)NCC(=O)N(C)C(C(=O)NC(C)C(=O)O)c1ccc(O)cc1. The van der Waals surface area contributed by atoms with Gasteiger partial charge in [-0.05, 0) is 43.9 Å². The van der Waals surface area contributed by atoms with Crippen LogP contribution >= 0.6 is 0 Å². The van der Waals surface area contributed by atoms with E-state index in [1.54, 1.807) is 0 Å². The molecule has 5 atom stereocenters. The van der Waals surface area contributed by atoms with Gasteiger partial charge in [0, 0.05) is 20.5 Å². The molecule has 0 bridgehead atoms. The highest BCUT2D eigenvalue weighted by molar-refractivity contribution is 5.95. The smallest absolute Gasteiger partial charge is 0.325 e. The Bertz CT molecular complexity index is 1210. The second kappa shape index (κ2) is 21.6. The van der Waals surface area contributed by atoms with Crippen LogP contribution in [-0.2, 0) is 28.8 Å². The number of aromatic hydroxyl groups is 1. The lowest BCUT2D eigenvalue weighted by Crippen LogP contribution is -2.55. The van der Waals surface area contributed by atoms with E-state index in [-0.39, 0.29) is 23.6 Å². The lowest BCUT2D eigenvalue weighted by molar-refractivity contribution is -0.144. The van der Waals surface area contributed by atoms with E-state index < -0.39 is 66.9 Å². The third-order valence-corrected chi connectivity index (χ3v) is 8.50. The van der Waals surface area contributed by atoms with Gasteiger partial charge in [-0.1, -0.05) is 70.9 Å². The van der Waals surface area contributed by atoms with E-state index in [0.29, 0.717) is 6.42 Å². The normalized spacial score (nSPS) is 14.1. The summed E-state index contributed by atoms with van der Waals surface area (Å²) < 4.78 is 0. The molecule has 0 saturated heterocycles. The molecule has 0 heterocycles. The van der Waals surface area contributed by atoms with Crippen LogP contribution in [0.25, 0.3) is 0 Å². The number of unbranched alkanes of at least 4 members (excludes halogenated alkanes) is 5. The number of amides is 5. The first kappa shape index (κ1) is 41.8. The van der Waals surface area contributed by atoms with Gasteiger partial charge in [-0.25, -0.2) is 0 Å². The van der Waals surface area contributed by atoms with Gasteiger partial charge in [0.2, 0.25) is 29.5 Å². The molecule has 14 heteroatoms. The molecule has 0 aliphatic rings. The van der Waals surface area contributed by atoms with Gasteiger partial charge < -0.3 is 41.1 Å². The van der Waals surface area contributed by atoms with E-state index >= 15 is 0 Å². The van der Waals surface area contributed by atoms with E-state index in [4.69, 9.17) is 0 Å². The number of aliphatic carboxylic acids is 1. The first-order valence-electron chi connectivity index (χ1n) is 16.7. The van der Waals surface area contributed by atoms with Crippen LogP contribution in [-0.4, -0.2) is 106 Å². The molecule has 6 N–H and O–H groups in total. The molecular formula is C34H55N5O9. The molecule has 14 nitrogen and oxygen atoms in total. The molecular weight excluding hydrogens is 622 g/mol. The maximum absolute atomic E-state index is 13.0. The van der Waals surface area contributed by atoms with Gasteiger partial charge in [-0.3, -0.25) is 28.8 Å². The topological polar surface area (TPSA) is 206 Å². The molecule has 0 spiro atoms. The summed E-state index contributed by atoms with van der Waals surface area (Å²) in [5, 5.41) is 35.9. The van der Waals surface area contributed by atoms with Crippen molar-refractivity contribution in [1.82, 2.24) is 25.8 Å². The van der Waals surface area contributed by atoms with Gasteiger partial charge in [0.25, 0.3) is 0 Å². The summed E-state index contributed by atoms with van der Waals surface area (Å²) in [5.74, 6) is -3.88. The number of carboxylic acids is 1. The maximum Gasteiger partial charge on any atom is 0.325 e. The third kappa shape index (κ3) is 14.3. The van der Waals surface area contributed by atoms with E-state index in [1.807, 2.05) is 0 Å². The standard InChI is InChI=1S/C34H55N5O9/c1-7-22(2)14-12-10-8-9-11-13-15-28(42)38(5)27(21-40)32(45)36-23(3)31(44)35-20-29(43)39(6)30(25-16-18-26(41)19-17-25)33(46)37-24(4)34(47)48/h16-19,22-24,27,30,40-41H,7-15,20-21H2,1-6H3,(H,35,44)(H,36,45)(H,37,46)(H,47,48). The number of phenols is 1. The van der Waals surface area contributed by atoms with E-state index in [2.05, 4.69) is 29.8 Å². The van der Waals surface area contributed by atoms with Crippen LogP contribution < -0.4 is 16.0 Å². The molecule has 0 aliphatic carbocycles. The predicted molar refractivity (Wildman–Crippen MR) is 180 cm³/mol. The van der Waals surface area contributed by atoms with Crippen molar-refractivity contribution in [1.29, 1.82) is 0 Å². The molecule has 0 radical (unpaired) electrons. The molecule has 0 aliphatic heterocycles. The largest absolute Gasteiger partial charge is 0.508 e. The van der Waals surface area contributed by atoms with E-state index in [1.165, 1.54) is 82.8 Å². The Morgan fingerprint density at radius 2 is 1.31 bits per heavy atom. The summed E-state index contributed by atoms with van der Waals surface area (Å²) in [6, 6.07) is 0.543.